The van der Waals surface area contributed by atoms with E-state index < -0.39 is 8.07 Å². The van der Waals surface area contributed by atoms with E-state index in [1.165, 1.54) is 11.6 Å². The van der Waals surface area contributed by atoms with Crippen molar-refractivity contribution < 1.29 is 4.74 Å². The van der Waals surface area contributed by atoms with E-state index in [0.29, 0.717) is 0 Å². The first-order chi connectivity index (χ1) is 7.51. The molecule has 1 atom stereocenters. The van der Waals surface area contributed by atoms with Crippen molar-refractivity contribution in [3.8, 4) is 0 Å². The van der Waals surface area contributed by atoms with E-state index in [2.05, 4.69) is 56.1 Å². The first kappa shape index (κ1) is 13.2. The number of hydrogen-bond donors (Lipinski definition) is 0. The van der Waals surface area contributed by atoms with Crippen LogP contribution in [-0.2, 0) is 4.74 Å². The number of benzene rings is 1. The topological polar surface area (TPSA) is 9.23 Å². The van der Waals surface area contributed by atoms with Crippen LogP contribution >= 0.6 is 0 Å². The number of hydrogen-bond acceptors (Lipinski definition) is 1. The molecule has 0 spiro atoms. The summed E-state index contributed by atoms with van der Waals surface area (Å²) in [5.74, 6) is 0. The van der Waals surface area contributed by atoms with Gasteiger partial charge in [0.2, 0.25) is 0 Å². The van der Waals surface area contributed by atoms with Gasteiger partial charge in [-0.3, -0.25) is 0 Å². The highest BCUT2D eigenvalue weighted by Crippen LogP contribution is 2.15. The summed E-state index contributed by atoms with van der Waals surface area (Å²) in [7, 11) is 0.736. The summed E-state index contributed by atoms with van der Waals surface area (Å²) in [6.45, 7) is 7.11. The molecule has 0 saturated heterocycles. The molecule has 0 bridgehead atoms. The van der Waals surface area contributed by atoms with E-state index in [9.17, 15) is 0 Å². The van der Waals surface area contributed by atoms with Gasteiger partial charge in [0.15, 0.2) is 0 Å². The summed E-state index contributed by atoms with van der Waals surface area (Å²) < 4.78 is 5.50. The molecule has 0 heterocycles. The van der Waals surface area contributed by atoms with Gasteiger partial charge in [0.05, 0.1) is 6.10 Å². The number of methoxy groups -OCH3 is 1. The summed E-state index contributed by atoms with van der Waals surface area (Å²) >= 11 is 0. The quantitative estimate of drug-likeness (QED) is 0.698. The second kappa shape index (κ2) is 6.02. The Kier molecular flexibility index (Phi) is 4.96. The molecule has 2 heteroatoms. The van der Waals surface area contributed by atoms with Gasteiger partial charge in [-0.15, -0.1) is 0 Å². The maximum absolute atomic E-state index is 5.50. The average molecular weight is 234 g/mol. The van der Waals surface area contributed by atoms with Gasteiger partial charge in [-0.2, -0.15) is 0 Å². The second-order valence-electron chi connectivity index (χ2n) is 5.31. The van der Waals surface area contributed by atoms with Crippen LogP contribution in [0, 0.1) is 0 Å². The fourth-order valence-electron chi connectivity index (χ4n) is 1.62. The molecule has 0 radical (unpaired) electrons. The summed E-state index contributed by atoms with van der Waals surface area (Å²) in [5.41, 5.74) is 1.24. The van der Waals surface area contributed by atoms with Crippen LogP contribution in [0.1, 0.15) is 5.56 Å². The van der Waals surface area contributed by atoms with Crippen molar-refractivity contribution in [2.45, 2.75) is 31.8 Å². The predicted octanol–water partition coefficient (Wildman–Crippen LogP) is 4.05. The fraction of sp³-hybridized carbons (Fsp3) is 0.429. The third kappa shape index (κ3) is 5.28. The van der Waals surface area contributed by atoms with Gasteiger partial charge in [0.25, 0.3) is 0 Å². The summed E-state index contributed by atoms with van der Waals surface area (Å²) in [4.78, 5) is 0. The van der Waals surface area contributed by atoms with Crippen molar-refractivity contribution in [3.05, 3.63) is 42.0 Å². The lowest BCUT2D eigenvalue weighted by molar-refractivity contribution is 0.155. The molecule has 0 saturated carbocycles. The van der Waals surface area contributed by atoms with Gasteiger partial charge in [0, 0.05) is 15.2 Å². The smallest absolute Gasteiger partial charge is 0.0731 e. The molecule has 88 valence electrons. The van der Waals surface area contributed by atoms with E-state index in [4.69, 9.17) is 4.74 Å². The Labute approximate surface area is 100 Å². The van der Waals surface area contributed by atoms with Crippen molar-refractivity contribution in [1.82, 2.24) is 0 Å². The normalized spacial score (nSPS) is 14.2. The molecular weight excluding hydrogens is 212 g/mol. The highest BCUT2D eigenvalue weighted by atomic mass is 28.3. The van der Waals surface area contributed by atoms with Crippen molar-refractivity contribution in [2.75, 3.05) is 7.11 Å². The molecule has 1 aromatic carbocycles. The largest absolute Gasteiger partial charge is 0.378 e. The van der Waals surface area contributed by atoms with Gasteiger partial charge in [0.1, 0.15) is 0 Å². The van der Waals surface area contributed by atoms with Crippen LogP contribution in [0.15, 0.2) is 36.4 Å². The van der Waals surface area contributed by atoms with Crippen LogP contribution in [-0.4, -0.2) is 21.3 Å². The molecule has 0 N–H and O–H groups in total. The van der Waals surface area contributed by atoms with Crippen molar-refractivity contribution in [3.63, 3.8) is 0 Å². The van der Waals surface area contributed by atoms with Gasteiger partial charge in [-0.05, 0) is 11.6 Å². The molecule has 0 fully saturated rings. The third-order valence-electron chi connectivity index (χ3n) is 2.42. The third-order valence-corrected chi connectivity index (χ3v) is 4.05. The fourth-order valence-corrected chi connectivity index (χ4v) is 3.13. The zero-order valence-electron chi connectivity index (χ0n) is 10.7. The van der Waals surface area contributed by atoms with Gasteiger partial charge >= 0.3 is 0 Å². The minimum Gasteiger partial charge on any atom is -0.378 e. The van der Waals surface area contributed by atoms with Crippen molar-refractivity contribution >= 4 is 14.1 Å². The molecule has 0 aliphatic carbocycles. The predicted molar refractivity (Wildman–Crippen MR) is 74.4 cm³/mol. The zero-order chi connectivity index (χ0) is 12.0. The van der Waals surface area contributed by atoms with Crippen LogP contribution in [0.5, 0.6) is 0 Å². The number of rotatable bonds is 5. The standard InChI is InChI=1S/C14H22OSi/c1-15-14(12-16(2,3)4)11-10-13-8-6-5-7-9-13/h5-11,14H,12H2,1-4H3/b11-10+. The van der Waals surface area contributed by atoms with E-state index in [-0.39, 0.29) is 6.10 Å². The van der Waals surface area contributed by atoms with E-state index in [1.54, 1.807) is 7.11 Å². The van der Waals surface area contributed by atoms with Gasteiger partial charge in [-0.1, -0.05) is 62.1 Å². The van der Waals surface area contributed by atoms with E-state index in [0.717, 1.165) is 0 Å². The van der Waals surface area contributed by atoms with E-state index >= 15 is 0 Å². The SMILES string of the molecule is COC(/C=C/c1ccccc1)C[Si](C)(C)C. The van der Waals surface area contributed by atoms with Crippen molar-refractivity contribution in [1.29, 1.82) is 0 Å². The molecular formula is C14H22OSi. The molecule has 0 aromatic heterocycles. The van der Waals surface area contributed by atoms with Crippen molar-refractivity contribution in [2.24, 2.45) is 0 Å². The molecule has 0 aliphatic rings. The number of ether oxygens (including phenoxy) is 1. The zero-order valence-corrected chi connectivity index (χ0v) is 11.7. The molecule has 1 rings (SSSR count). The minimum atomic E-state index is -1.06. The van der Waals surface area contributed by atoms with Gasteiger partial charge in [-0.25, -0.2) is 0 Å². The molecule has 0 amide bonds. The Bertz CT molecular complexity index is 324. The molecule has 0 aliphatic heterocycles. The minimum absolute atomic E-state index is 0.256. The molecule has 1 unspecified atom stereocenters. The lowest BCUT2D eigenvalue weighted by atomic mass is 10.2. The first-order valence-electron chi connectivity index (χ1n) is 5.77. The van der Waals surface area contributed by atoms with Crippen LogP contribution in [0.25, 0.3) is 6.08 Å². The Morgan fingerprint density at radius 1 is 1.19 bits per heavy atom. The highest BCUT2D eigenvalue weighted by Gasteiger charge is 2.18. The maximum Gasteiger partial charge on any atom is 0.0731 e. The highest BCUT2D eigenvalue weighted by molar-refractivity contribution is 6.76. The molecule has 1 nitrogen and oxygen atoms in total. The van der Waals surface area contributed by atoms with Crippen LogP contribution in [0.2, 0.25) is 25.7 Å². The Hall–Kier alpha value is -0.863. The second-order valence-corrected chi connectivity index (χ2v) is 10.8. The Balaban J connectivity index is 2.60. The summed E-state index contributed by atoms with van der Waals surface area (Å²) in [6.07, 6.45) is 4.58. The summed E-state index contributed by atoms with van der Waals surface area (Å²) in [5, 5.41) is 0. The van der Waals surface area contributed by atoms with Crippen LogP contribution < -0.4 is 0 Å². The van der Waals surface area contributed by atoms with E-state index in [1.807, 2.05) is 6.07 Å². The average Bonchev–Trinajstić information content (AvgIpc) is 2.24. The van der Waals surface area contributed by atoms with Crippen LogP contribution in [0.3, 0.4) is 0 Å². The maximum atomic E-state index is 5.50. The lowest BCUT2D eigenvalue weighted by Gasteiger charge is -2.20. The molecule has 1 aromatic rings. The molecule has 16 heavy (non-hydrogen) atoms. The lowest BCUT2D eigenvalue weighted by Crippen LogP contribution is -2.26. The monoisotopic (exact) mass is 234 g/mol. The Morgan fingerprint density at radius 2 is 1.81 bits per heavy atom. The van der Waals surface area contributed by atoms with Crippen LogP contribution in [0.4, 0.5) is 0 Å². The first-order valence-corrected chi connectivity index (χ1v) is 9.48. The Morgan fingerprint density at radius 3 is 2.31 bits per heavy atom. The summed E-state index contributed by atoms with van der Waals surface area (Å²) in [6, 6.07) is 11.5. The van der Waals surface area contributed by atoms with Gasteiger partial charge < -0.3 is 4.74 Å².